The number of nitrogens with one attached hydrogen (secondary N) is 3. The molecule has 7 nitrogen and oxygen atoms in total. The monoisotopic (exact) mass is 366 g/mol. The summed E-state index contributed by atoms with van der Waals surface area (Å²) < 4.78 is 26.8. The Labute approximate surface area is 149 Å². The molecule has 0 bridgehead atoms. The Morgan fingerprint density at radius 1 is 1.38 bits per heavy atom. The molecule has 0 radical (unpaired) electrons. The summed E-state index contributed by atoms with van der Waals surface area (Å²) in [7, 11) is 0. The number of benzene rings is 1. The average Bonchev–Trinajstić information content (AvgIpc) is 2.58. The van der Waals surface area contributed by atoms with Gasteiger partial charge in [0.25, 0.3) is 0 Å². The lowest BCUT2D eigenvalue weighted by molar-refractivity contribution is -0.139. The molecule has 3 N–H and O–H groups in total. The molecule has 2 fully saturated rings. The van der Waals surface area contributed by atoms with Gasteiger partial charge in [-0.3, -0.25) is 14.5 Å². The summed E-state index contributed by atoms with van der Waals surface area (Å²) in [5.41, 5.74) is 0.116. The van der Waals surface area contributed by atoms with Crippen LogP contribution in [0.15, 0.2) is 18.2 Å². The summed E-state index contributed by atoms with van der Waals surface area (Å²) in [6.07, 6.45) is 0.656. The van der Waals surface area contributed by atoms with Crippen molar-refractivity contribution in [3.05, 3.63) is 35.4 Å². The maximum absolute atomic E-state index is 13.8. The van der Waals surface area contributed by atoms with Crippen LogP contribution >= 0.6 is 0 Å². The molecule has 2 unspecified atom stereocenters. The third-order valence-electron chi connectivity index (χ3n) is 4.73. The molecule has 2 aliphatic heterocycles. The minimum Gasteiger partial charge on any atom is -0.348 e. The van der Waals surface area contributed by atoms with Crippen LogP contribution in [0.5, 0.6) is 0 Å². The molecule has 3 atom stereocenters. The van der Waals surface area contributed by atoms with E-state index in [4.69, 9.17) is 0 Å². The first kappa shape index (κ1) is 18.2. The molecule has 0 spiro atoms. The van der Waals surface area contributed by atoms with Crippen molar-refractivity contribution >= 4 is 17.8 Å². The van der Waals surface area contributed by atoms with Gasteiger partial charge in [0, 0.05) is 24.2 Å². The van der Waals surface area contributed by atoms with Crippen molar-refractivity contribution in [2.75, 3.05) is 19.6 Å². The number of halogens is 2. The highest BCUT2D eigenvalue weighted by atomic mass is 19.1. The number of amides is 4. The molecule has 1 aromatic carbocycles. The highest BCUT2D eigenvalue weighted by Gasteiger charge is 2.42. The Balaban J connectivity index is 1.63. The maximum atomic E-state index is 13.8. The minimum absolute atomic E-state index is 0.116. The van der Waals surface area contributed by atoms with E-state index in [1.165, 1.54) is 13.0 Å². The fourth-order valence-electron chi connectivity index (χ4n) is 3.34. The summed E-state index contributed by atoms with van der Waals surface area (Å²) in [6, 6.07) is 1.51. The third kappa shape index (κ3) is 3.67. The standard InChI is InChI=1S/C17H20F2N4O3/c1-9(11-3-2-10(18)6-13(11)19)21-15(24)8-23-16(25)12-7-20-5-4-14(12)22-17(23)26/h2-3,6,9,12,14,20H,4-5,7-8H2,1H3,(H,21,24)(H,22,26)/t9-,12?,14?/m0/s1. The molecule has 1 aromatic rings. The Morgan fingerprint density at radius 2 is 2.15 bits per heavy atom. The lowest BCUT2D eigenvalue weighted by Crippen LogP contribution is -2.65. The van der Waals surface area contributed by atoms with Gasteiger partial charge in [0.15, 0.2) is 0 Å². The van der Waals surface area contributed by atoms with E-state index >= 15 is 0 Å². The molecular formula is C17H20F2N4O3. The lowest BCUT2D eigenvalue weighted by atomic mass is 9.90. The summed E-state index contributed by atoms with van der Waals surface area (Å²) in [6.45, 7) is 2.24. The number of nitrogens with zero attached hydrogens (tertiary/aromatic N) is 1. The number of rotatable bonds is 4. The van der Waals surface area contributed by atoms with Gasteiger partial charge < -0.3 is 16.0 Å². The van der Waals surface area contributed by atoms with Crippen LogP contribution in [0.1, 0.15) is 24.9 Å². The van der Waals surface area contributed by atoms with E-state index in [-0.39, 0.29) is 11.6 Å². The van der Waals surface area contributed by atoms with Crippen LogP contribution in [0.3, 0.4) is 0 Å². The van der Waals surface area contributed by atoms with E-state index in [2.05, 4.69) is 16.0 Å². The maximum Gasteiger partial charge on any atom is 0.324 e. The van der Waals surface area contributed by atoms with Gasteiger partial charge in [0.2, 0.25) is 11.8 Å². The Bertz CT molecular complexity index is 743. The molecular weight excluding hydrogens is 346 g/mol. The molecule has 2 aliphatic rings. The van der Waals surface area contributed by atoms with Crippen molar-refractivity contribution in [1.29, 1.82) is 0 Å². The quantitative estimate of drug-likeness (QED) is 0.731. The number of fused-ring (bicyclic) bond motifs is 1. The number of piperidine rings is 1. The predicted molar refractivity (Wildman–Crippen MR) is 87.9 cm³/mol. The zero-order valence-electron chi connectivity index (χ0n) is 14.2. The van der Waals surface area contributed by atoms with Crippen molar-refractivity contribution in [2.24, 2.45) is 5.92 Å². The molecule has 9 heteroatoms. The van der Waals surface area contributed by atoms with Crippen molar-refractivity contribution in [3.8, 4) is 0 Å². The number of carbonyl (C=O) groups excluding carboxylic acids is 3. The first-order valence-electron chi connectivity index (χ1n) is 8.43. The smallest absolute Gasteiger partial charge is 0.324 e. The molecule has 4 amide bonds. The topological polar surface area (TPSA) is 90.5 Å². The average molecular weight is 366 g/mol. The van der Waals surface area contributed by atoms with Gasteiger partial charge >= 0.3 is 6.03 Å². The molecule has 0 saturated carbocycles. The van der Waals surface area contributed by atoms with Crippen molar-refractivity contribution in [3.63, 3.8) is 0 Å². The van der Waals surface area contributed by atoms with E-state index in [1.807, 2.05) is 0 Å². The predicted octanol–water partition coefficient (Wildman–Crippen LogP) is 0.672. The molecule has 26 heavy (non-hydrogen) atoms. The van der Waals surface area contributed by atoms with Crippen LogP contribution in [0, 0.1) is 17.6 Å². The number of hydrogen-bond donors (Lipinski definition) is 3. The van der Waals surface area contributed by atoms with E-state index in [0.29, 0.717) is 13.0 Å². The molecule has 3 rings (SSSR count). The van der Waals surface area contributed by atoms with E-state index in [9.17, 15) is 23.2 Å². The van der Waals surface area contributed by atoms with Gasteiger partial charge in [0.05, 0.1) is 12.0 Å². The number of urea groups is 1. The van der Waals surface area contributed by atoms with Crippen LogP contribution in [0.4, 0.5) is 13.6 Å². The highest BCUT2D eigenvalue weighted by molar-refractivity contribution is 6.01. The molecule has 2 heterocycles. The summed E-state index contributed by atoms with van der Waals surface area (Å²) in [4.78, 5) is 37.7. The lowest BCUT2D eigenvalue weighted by Gasteiger charge is -2.39. The number of hydrogen-bond acceptors (Lipinski definition) is 4. The fourth-order valence-corrected chi connectivity index (χ4v) is 3.34. The van der Waals surface area contributed by atoms with Gasteiger partial charge in [0.1, 0.15) is 18.2 Å². The Hall–Kier alpha value is -2.55. The van der Waals surface area contributed by atoms with Crippen LogP contribution in [0.25, 0.3) is 0 Å². The zero-order chi connectivity index (χ0) is 18.8. The normalized spacial score (nSPS) is 23.9. The van der Waals surface area contributed by atoms with E-state index in [0.717, 1.165) is 23.6 Å². The van der Waals surface area contributed by atoms with Crippen molar-refractivity contribution < 1.29 is 23.2 Å². The van der Waals surface area contributed by atoms with Crippen LogP contribution in [0.2, 0.25) is 0 Å². The highest BCUT2D eigenvalue weighted by Crippen LogP contribution is 2.20. The van der Waals surface area contributed by atoms with Gasteiger partial charge in [-0.1, -0.05) is 6.07 Å². The van der Waals surface area contributed by atoms with Gasteiger partial charge in [-0.15, -0.1) is 0 Å². The zero-order valence-corrected chi connectivity index (χ0v) is 14.2. The van der Waals surface area contributed by atoms with Crippen LogP contribution in [-0.2, 0) is 9.59 Å². The first-order chi connectivity index (χ1) is 12.4. The number of imide groups is 1. The van der Waals surface area contributed by atoms with E-state index in [1.54, 1.807) is 0 Å². The molecule has 0 aliphatic carbocycles. The minimum atomic E-state index is -0.777. The third-order valence-corrected chi connectivity index (χ3v) is 4.73. The summed E-state index contributed by atoms with van der Waals surface area (Å²) >= 11 is 0. The van der Waals surface area contributed by atoms with Gasteiger partial charge in [-0.05, 0) is 26.0 Å². The van der Waals surface area contributed by atoms with E-state index < -0.39 is 48.0 Å². The fraction of sp³-hybridized carbons (Fsp3) is 0.471. The SMILES string of the molecule is C[C@H](NC(=O)CN1C(=O)NC2CCNCC2C1=O)c1ccc(F)cc1F. The van der Waals surface area contributed by atoms with Crippen molar-refractivity contribution in [1.82, 2.24) is 20.9 Å². The summed E-state index contributed by atoms with van der Waals surface area (Å²) in [5.74, 6) is -2.90. The van der Waals surface area contributed by atoms with Crippen LogP contribution < -0.4 is 16.0 Å². The Kier molecular flexibility index (Phi) is 5.17. The largest absolute Gasteiger partial charge is 0.348 e. The molecule has 0 aromatic heterocycles. The van der Waals surface area contributed by atoms with Gasteiger partial charge in [-0.25, -0.2) is 13.6 Å². The van der Waals surface area contributed by atoms with Crippen molar-refractivity contribution in [2.45, 2.75) is 25.4 Å². The molecule has 2 saturated heterocycles. The summed E-state index contributed by atoms with van der Waals surface area (Å²) in [5, 5.41) is 8.37. The second kappa shape index (κ2) is 7.36. The number of carbonyl (C=O) groups is 3. The molecule has 140 valence electrons. The van der Waals surface area contributed by atoms with Gasteiger partial charge in [-0.2, -0.15) is 0 Å². The second-order valence-electron chi connectivity index (χ2n) is 6.53. The second-order valence-corrected chi connectivity index (χ2v) is 6.53. The Morgan fingerprint density at radius 3 is 2.88 bits per heavy atom. The first-order valence-corrected chi connectivity index (χ1v) is 8.43. The van der Waals surface area contributed by atoms with Crippen LogP contribution in [-0.4, -0.2) is 48.4 Å².